The number of piperidine rings is 1. The van der Waals surface area contributed by atoms with Crippen LogP contribution in [0.4, 0.5) is 8.78 Å². The molecular formula is C28H30F2N4. The molecule has 1 fully saturated rings. The quantitative estimate of drug-likeness (QED) is 0.381. The highest BCUT2D eigenvalue weighted by molar-refractivity contribution is 5.85. The summed E-state index contributed by atoms with van der Waals surface area (Å²) in [5, 5.41) is 0. The van der Waals surface area contributed by atoms with Crippen molar-refractivity contribution < 1.29 is 8.78 Å². The number of imidazole rings is 1. The number of halogens is 2. The SMILES string of the molecule is CN(C)C1CCN(Cc2ccc(-c3ccc4nc(-c5ccc(F)c(F)c5)n(C)c4c3)cc2)CC1. The molecule has 1 aliphatic rings. The maximum Gasteiger partial charge on any atom is 0.159 e. The highest BCUT2D eigenvalue weighted by Gasteiger charge is 2.20. The first-order chi connectivity index (χ1) is 16.4. The zero-order chi connectivity index (χ0) is 23.8. The van der Waals surface area contributed by atoms with Gasteiger partial charge in [0.15, 0.2) is 11.6 Å². The molecule has 0 aliphatic carbocycles. The van der Waals surface area contributed by atoms with Crippen LogP contribution < -0.4 is 0 Å². The second-order valence-electron chi connectivity index (χ2n) is 9.49. The summed E-state index contributed by atoms with van der Waals surface area (Å²) in [7, 11) is 6.24. The molecule has 0 atom stereocenters. The third-order valence-corrected chi connectivity index (χ3v) is 7.04. The van der Waals surface area contributed by atoms with Gasteiger partial charge in [0.05, 0.1) is 11.0 Å². The van der Waals surface area contributed by atoms with Gasteiger partial charge in [0, 0.05) is 25.2 Å². The first-order valence-corrected chi connectivity index (χ1v) is 11.8. The van der Waals surface area contributed by atoms with Crippen molar-refractivity contribution in [2.24, 2.45) is 7.05 Å². The largest absolute Gasteiger partial charge is 0.327 e. The molecule has 0 saturated carbocycles. The van der Waals surface area contributed by atoms with E-state index in [0.717, 1.165) is 47.9 Å². The van der Waals surface area contributed by atoms with E-state index >= 15 is 0 Å². The molecule has 3 aromatic carbocycles. The standard InChI is InChI=1S/C28H30F2N4/c1-32(2)23-12-14-34(15-13-23)18-19-4-6-20(7-5-19)21-9-11-26-27(17-21)33(3)28(31-26)22-8-10-24(29)25(30)16-22/h4-11,16-17,23H,12-15,18H2,1-3H3. The molecule has 0 radical (unpaired) electrons. The Kier molecular flexibility index (Phi) is 6.19. The minimum absolute atomic E-state index is 0.554. The van der Waals surface area contributed by atoms with Crippen LogP contribution in [0, 0.1) is 11.6 Å². The molecule has 2 heterocycles. The highest BCUT2D eigenvalue weighted by atomic mass is 19.2. The number of nitrogens with zero attached hydrogens (tertiary/aromatic N) is 4. The van der Waals surface area contributed by atoms with Crippen LogP contribution in [-0.4, -0.2) is 52.6 Å². The Morgan fingerprint density at radius 2 is 1.53 bits per heavy atom. The van der Waals surface area contributed by atoms with Gasteiger partial charge in [-0.3, -0.25) is 4.90 Å². The van der Waals surface area contributed by atoms with Crippen molar-refractivity contribution in [1.29, 1.82) is 0 Å². The fraction of sp³-hybridized carbons (Fsp3) is 0.321. The highest BCUT2D eigenvalue weighted by Crippen LogP contribution is 2.29. The first kappa shape index (κ1) is 22.7. The average molecular weight is 461 g/mol. The summed E-state index contributed by atoms with van der Waals surface area (Å²) in [4.78, 5) is 9.53. The smallest absolute Gasteiger partial charge is 0.159 e. The molecule has 5 rings (SSSR count). The van der Waals surface area contributed by atoms with Crippen LogP contribution >= 0.6 is 0 Å². The van der Waals surface area contributed by atoms with E-state index < -0.39 is 11.6 Å². The molecule has 34 heavy (non-hydrogen) atoms. The number of aryl methyl sites for hydroxylation is 1. The molecule has 4 nitrogen and oxygen atoms in total. The van der Waals surface area contributed by atoms with Crippen LogP contribution in [0.2, 0.25) is 0 Å². The van der Waals surface area contributed by atoms with Gasteiger partial charge in [0.25, 0.3) is 0 Å². The Labute approximate surface area is 199 Å². The molecule has 0 spiro atoms. The van der Waals surface area contributed by atoms with Crippen LogP contribution in [0.3, 0.4) is 0 Å². The lowest BCUT2D eigenvalue weighted by atomic mass is 10.0. The number of likely N-dealkylation sites (tertiary alicyclic amines) is 1. The monoisotopic (exact) mass is 460 g/mol. The molecule has 1 aliphatic heterocycles. The van der Waals surface area contributed by atoms with E-state index in [1.54, 1.807) is 6.07 Å². The van der Waals surface area contributed by atoms with Gasteiger partial charge in [0.1, 0.15) is 5.82 Å². The second-order valence-corrected chi connectivity index (χ2v) is 9.49. The van der Waals surface area contributed by atoms with Crippen molar-refractivity contribution in [3.63, 3.8) is 0 Å². The van der Waals surface area contributed by atoms with E-state index in [2.05, 4.69) is 65.3 Å². The number of benzene rings is 3. The van der Waals surface area contributed by atoms with Gasteiger partial charge in [-0.15, -0.1) is 0 Å². The number of aromatic nitrogens is 2. The Hall–Kier alpha value is -3.09. The van der Waals surface area contributed by atoms with E-state index in [4.69, 9.17) is 0 Å². The summed E-state index contributed by atoms with van der Waals surface area (Å²) < 4.78 is 29.0. The zero-order valence-corrected chi connectivity index (χ0v) is 19.9. The van der Waals surface area contributed by atoms with Crippen LogP contribution in [0.15, 0.2) is 60.7 Å². The van der Waals surface area contributed by atoms with Crippen LogP contribution in [-0.2, 0) is 13.6 Å². The van der Waals surface area contributed by atoms with E-state index in [9.17, 15) is 8.78 Å². The first-order valence-electron chi connectivity index (χ1n) is 11.8. The third-order valence-electron chi connectivity index (χ3n) is 7.04. The Balaban J connectivity index is 1.34. The molecule has 0 N–H and O–H groups in total. The van der Waals surface area contributed by atoms with Gasteiger partial charge >= 0.3 is 0 Å². The number of hydrogen-bond donors (Lipinski definition) is 0. The van der Waals surface area contributed by atoms with Gasteiger partial charge in [-0.25, -0.2) is 13.8 Å². The van der Waals surface area contributed by atoms with Crippen molar-refractivity contribution in [3.05, 3.63) is 77.9 Å². The number of hydrogen-bond acceptors (Lipinski definition) is 3. The summed E-state index contributed by atoms with van der Waals surface area (Å²) >= 11 is 0. The van der Waals surface area contributed by atoms with Gasteiger partial charge in [-0.1, -0.05) is 30.3 Å². The summed E-state index contributed by atoms with van der Waals surface area (Å²) in [5.41, 5.74) is 5.90. The summed E-state index contributed by atoms with van der Waals surface area (Å²) in [6.45, 7) is 3.27. The fourth-order valence-corrected chi connectivity index (χ4v) is 4.92. The van der Waals surface area contributed by atoms with E-state index in [1.807, 2.05) is 17.7 Å². The molecule has 0 bridgehead atoms. The molecule has 1 aromatic heterocycles. The third kappa shape index (κ3) is 4.48. The molecule has 6 heteroatoms. The van der Waals surface area contributed by atoms with Gasteiger partial charge in [0.2, 0.25) is 0 Å². The van der Waals surface area contributed by atoms with Crippen molar-refractivity contribution >= 4 is 11.0 Å². The number of rotatable bonds is 5. The molecule has 1 saturated heterocycles. The lowest BCUT2D eigenvalue weighted by Gasteiger charge is -2.35. The second kappa shape index (κ2) is 9.28. The van der Waals surface area contributed by atoms with Crippen LogP contribution in [0.1, 0.15) is 18.4 Å². The zero-order valence-electron chi connectivity index (χ0n) is 19.9. The van der Waals surface area contributed by atoms with Crippen molar-refractivity contribution in [1.82, 2.24) is 19.4 Å². The molecule has 0 amide bonds. The van der Waals surface area contributed by atoms with Crippen LogP contribution in [0.5, 0.6) is 0 Å². The number of fused-ring (bicyclic) bond motifs is 1. The molecule has 4 aromatic rings. The summed E-state index contributed by atoms with van der Waals surface area (Å²) in [6, 6.07) is 19.5. The summed E-state index contributed by atoms with van der Waals surface area (Å²) in [6.07, 6.45) is 2.45. The van der Waals surface area contributed by atoms with Gasteiger partial charge in [-0.2, -0.15) is 0 Å². The minimum atomic E-state index is -0.868. The maximum absolute atomic E-state index is 13.8. The van der Waals surface area contributed by atoms with E-state index in [-0.39, 0.29) is 0 Å². The van der Waals surface area contributed by atoms with Crippen LogP contribution in [0.25, 0.3) is 33.5 Å². The van der Waals surface area contributed by atoms with E-state index in [1.165, 1.54) is 24.5 Å². The predicted molar refractivity (Wildman–Crippen MR) is 133 cm³/mol. The van der Waals surface area contributed by atoms with Gasteiger partial charge in [-0.05, 0) is 87.0 Å². The maximum atomic E-state index is 13.8. The average Bonchev–Trinajstić information content (AvgIpc) is 3.17. The molecular weight excluding hydrogens is 430 g/mol. The molecule has 0 unspecified atom stereocenters. The topological polar surface area (TPSA) is 24.3 Å². The van der Waals surface area contributed by atoms with Crippen molar-refractivity contribution in [3.8, 4) is 22.5 Å². The van der Waals surface area contributed by atoms with Crippen molar-refractivity contribution in [2.45, 2.75) is 25.4 Å². The lowest BCUT2D eigenvalue weighted by Crippen LogP contribution is -2.41. The van der Waals surface area contributed by atoms with Gasteiger partial charge < -0.3 is 9.47 Å². The Morgan fingerprint density at radius 3 is 2.21 bits per heavy atom. The lowest BCUT2D eigenvalue weighted by molar-refractivity contribution is 0.140. The summed E-state index contributed by atoms with van der Waals surface area (Å²) in [5.74, 6) is -1.11. The predicted octanol–water partition coefficient (Wildman–Crippen LogP) is 5.71. The minimum Gasteiger partial charge on any atom is -0.327 e. The molecule has 176 valence electrons. The Bertz CT molecular complexity index is 1300. The normalized spacial score (nSPS) is 15.5. The van der Waals surface area contributed by atoms with Crippen molar-refractivity contribution in [2.75, 3.05) is 27.2 Å². The van der Waals surface area contributed by atoms with E-state index in [0.29, 0.717) is 17.4 Å². The Morgan fingerprint density at radius 1 is 0.853 bits per heavy atom. The fourth-order valence-electron chi connectivity index (χ4n) is 4.92.